The minimum Gasteiger partial charge on any atom is -0.452 e. The van der Waals surface area contributed by atoms with Gasteiger partial charge in [0.2, 0.25) is 0 Å². The molecule has 2 aromatic heterocycles. The van der Waals surface area contributed by atoms with Gasteiger partial charge in [0.15, 0.2) is 11.4 Å². The highest BCUT2D eigenvalue weighted by molar-refractivity contribution is 6.09. The maximum Gasteiger partial charge on any atom is 0.181 e. The Bertz CT molecular complexity index is 1500. The number of pyridine rings is 1. The number of hydrogen-bond acceptors (Lipinski definition) is 3. The lowest BCUT2D eigenvalue weighted by Crippen LogP contribution is -2.11. The molecular weight excluding hydrogens is 392 g/mol. The molecule has 0 N–H and O–H groups in total. The predicted molar refractivity (Wildman–Crippen MR) is 132 cm³/mol. The van der Waals surface area contributed by atoms with E-state index in [0.717, 1.165) is 39.1 Å². The minimum atomic E-state index is 0.775. The van der Waals surface area contributed by atoms with Gasteiger partial charge in [-0.25, -0.2) is 4.98 Å². The fourth-order valence-electron chi connectivity index (χ4n) is 4.20. The van der Waals surface area contributed by atoms with E-state index in [2.05, 4.69) is 71.6 Å². The Morgan fingerprint density at radius 3 is 1.94 bits per heavy atom. The SMILES string of the molecule is c1ccc(-c2ccc(N(c3ccccc3)c3nccc4c3oc3ccccc34)cc2)cc1. The van der Waals surface area contributed by atoms with Crippen molar-refractivity contribution < 1.29 is 4.42 Å². The van der Waals surface area contributed by atoms with E-state index in [4.69, 9.17) is 9.40 Å². The number of anilines is 3. The van der Waals surface area contributed by atoms with Crippen molar-refractivity contribution in [1.82, 2.24) is 4.98 Å². The zero-order chi connectivity index (χ0) is 21.3. The van der Waals surface area contributed by atoms with Gasteiger partial charge in [0, 0.05) is 28.3 Å². The second-order valence-electron chi connectivity index (χ2n) is 7.69. The number of furan rings is 1. The molecule has 0 unspecified atom stereocenters. The summed E-state index contributed by atoms with van der Waals surface area (Å²) in [4.78, 5) is 6.92. The first-order valence-electron chi connectivity index (χ1n) is 10.7. The van der Waals surface area contributed by atoms with Crippen LogP contribution in [0.3, 0.4) is 0 Å². The molecule has 0 spiro atoms. The second-order valence-corrected chi connectivity index (χ2v) is 7.69. The molecular formula is C29H20N2O. The van der Waals surface area contributed by atoms with Crippen molar-refractivity contribution in [3.63, 3.8) is 0 Å². The highest BCUT2D eigenvalue weighted by atomic mass is 16.3. The summed E-state index contributed by atoms with van der Waals surface area (Å²) >= 11 is 0. The summed E-state index contributed by atoms with van der Waals surface area (Å²) < 4.78 is 6.30. The van der Waals surface area contributed by atoms with Gasteiger partial charge in [-0.15, -0.1) is 0 Å². The van der Waals surface area contributed by atoms with Crippen LogP contribution in [0, 0.1) is 0 Å². The van der Waals surface area contributed by atoms with Gasteiger partial charge >= 0.3 is 0 Å². The number of nitrogens with zero attached hydrogens (tertiary/aromatic N) is 2. The van der Waals surface area contributed by atoms with Crippen LogP contribution in [0.25, 0.3) is 33.1 Å². The number of aromatic nitrogens is 1. The van der Waals surface area contributed by atoms with Gasteiger partial charge in [-0.2, -0.15) is 0 Å². The molecule has 6 aromatic rings. The smallest absolute Gasteiger partial charge is 0.181 e. The normalized spacial score (nSPS) is 11.1. The minimum absolute atomic E-state index is 0.775. The Kier molecular flexibility index (Phi) is 4.43. The maximum atomic E-state index is 6.30. The first-order valence-corrected chi connectivity index (χ1v) is 10.7. The van der Waals surface area contributed by atoms with Crippen LogP contribution < -0.4 is 4.90 Å². The van der Waals surface area contributed by atoms with Crippen LogP contribution in [-0.4, -0.2) is 4.98 Å². The number of hydrogen-bond donors (Lipinski definition) is 0. The lowest BCUT2D eigenvalue weighted by atomic mass is 10.1. The summed E-state index contributed by atoms with van der Waals surface area (Å²) in [5.74, 6) is 0.775. The molecule has 2 heterocycles. The van der Waals surface area contributed by atoms with Crippen molar-refractivity contribution >= 4 is 39.1 Å². The topological polar surface area (TPSA) is 29.3 Å². The average molecular weight is 412 g/mol. The lowest BCUT2D eigenvalue weighted by Gasteiger charge is -2.24. The summed E-state index contributed by atoms with van der Waals surface area (Å²) in [6, 6.07) is 39.4. The molecule has 0 aliphatic heterocycles. The predicted octanol–water partition coefficient (Wildman–Crippen LogP) is 8.12. The van der Waals surface area contributed by atoms with Gasteiger partial charge in [0.25, 0.3) is 0 Å². The van der Waals surface area contributed by atoms with E-state index in [9.17, 15) is 0 Å². The molecule has 0 amide bonds. The van der Waals surface area contributed by atoms with Crippen LogP contribution in [0.2, 0.25) is 0 Å². The van der Waals surface area contributed by atoms with Crippen LogP contribution in [0.5, 0.6) is 0 Å². The van der Waals surface area contributed by atoms with Crippen molar-refractivity contribution in [2.75, 3.05) is 4.90 Å². The summed E-state index contributed by atoms with van der Waals surface area (Å²) in [6.45, 7) is 0. The number of fused-ring (bicyclic) bond motifs is 3. The van der Waals surface area contributed by atoms with Crippen LogP contribution >= 0.6 is 0 Å². The number of rotatable bonds is 4. The molecule has 3 nitrogen and oxygen atoms in total. The van der Waals surface area contributed by atoms with Gasteiger partial charge in [0.05, 0.1) is 0 Å². The first-order chi connectivity index (χ1) is 15.9. The molecule has 0 radical (unpaired) electrons. The molecule has 0 atom stereocenters. The van der Waals surface area contributed by atoms with Gasteiger partial charge in [-0.05, 0) is 47.5 Å². The second kappa shape index (κ2) is 7.71. The molecule has 0 fully saturated rings. The largest absolute Gasteiger partial charge is 0.452 e. The summed E-state index contributed by atoms with van der Waals surface area (Å²) in [6.07, 6.45) is 1.86. The molecule has 0 aliphatic carbocycles. The average Bonchev–Trinajstić information content (AvgIpc) is 3.26. The fraction of sp³-hybridized carbons (Fsp3) is 0. The molecule has 4 aromatic carbocycles. The molecule has 0 saturated heterocycles. The third-order valence-electron chi connectivity index (χ3n) is 5.73. The maximum absolute atomic E-state index is 6.30. The standard InChI is InChI=1S/C29H20N2O/c1-3-9-21(10-4-1)22-15-17-24(18-16-22)31(23-11-5-2-6-12-23)29-28-26(19-20-30-29)25-13-7-8-14-27(25)32-28/h1-20H. The van der Waals surface area contributed by atoms with E-state index in [1.165, 1.54) is 11.1 Å². The number of para-hydroxylation sites is 2. The summed E-state index contributed by atoms with van der Waals surface area (Å²) in [5, 5.41) is 2.16. The Morgan fingerprint density at radius 1 is 0.531 bits per heavy atom. The monoisotopic (exact) mass is 412 g/mol. The van der Waals surface area contributed by atoms with E-state index >= 15 is 0 Å². The molecule has 32 heavy (non-hydrogen) atoms. The van der Waals surface area contributed by atoms with Gasteiger partial charge in [-0.1, -0.05) is 78.9 Å². The van der Waals surface area contributed by atoms with E-state index in [-0.39, 0.29) is 0 Å². The molecule has 152 valence electrons. The van der Waals surface area contributed by atoms with E-state index in [0.29, 0.717) is 0 Å². The zero-order valence-corrected chi connectivity index (χ0v) is 17.3. The highest BCUT2D eigenvalue weighted by Crippen LogP contribution is 2.40. The zero-order valence-electron chi connectivity index (χ0n) is 17.3. The fourth-order valence-corrected chi connectivity index (χ4v) is 4.20. The van der Waals surface area contributed by atoms with Crippen LogP contribution in [-0.2, 0) is 0 Å². The molecule has 0 aliphatic rings. The molecule has 6 rings (SSSR count). The lowest BCUT2D eigenvalue weighted by molar-refractivity contribution is 0.667. The summed E-state index contributed by atoms with van der Waals surface area (Å²) in [5.41, 5.74) is 6.07. The van der Waals surface area contributed by atoms with Crippen molar-refractivity contribution in [3.05, 3.63) is 121 Å². The molecule has 0 saturated carbocycles. The first kappa shape index (κ1) is 18.4. The van der Waals surface area contributed by atoms with Gasteiger partial charge < -0.3 is 4.42 Å². The van der Waals surface area contributed by atoms with E-state index in [1.54, 1.807) is 0 Å². The van der Waals surface area contributed by atoms with Crippen LogP contribution in [0.4, 0.5) is 17.2 Å². The van der Waals surface area contributed by atoms with Gasteiger partial charge in [0.1, 0.15) is 5.58 Å². The van der Waals surface area contributed by atoms with Crippen LogP contribution in [0.1, 0.15) is 0 Å². The molecule has 0 bridgehead atoms. The third kappa shape index (κ3) is 3.12. The Hall–Kier alpha value is -4.37. The Morgan fingerprint density at radius 2 is 1.16 bits per heavy atom. The van der Waals surface area contributed by atoms with Crippen molar-refractivity contribution in [2.45, 2.75) is 0 Å². The van der Waals surface area contributed by atoms with Crippen molar-refractivity contribution in [2.24, 2.45) is 0 Å². The third-order valence-corrected chi connectivity index (χ3v) is 5.73. The Labute approximate surface area is 186 Å². The van der Waals surface area contributed by atoms with Crippen molar-refractivity contribution in [1.29, 1.82) is 0 Å². The number of benzene rings is 4. The highest BCUT2D eigenvalue weighted by Gasteiger charge is 2.20. The Balaban J connectivity index is 1.54. The van der Waals surface area contributed by atoms with Crippen molar-refractivity contribution in [3.8, 4) is 11.1 Å². The molecule has 3 heteroatoms. The van der Waals surface area contributed by atoms with E-state index < -0.39 is 0 Å². The van der Waals surface area contributed by atoms with Gasteiger partial charge in [-0.3, -0.25) is 4.90 Å². The van der Waals surface area contributed by atoms with E-state index in [1.807, 2.05) is 54.7 Å². The quantitative estimate of drug-likeness (QED) is 0.293. The summed E-state index contributed by atoms with van der Waals surface area (Å²) in [7, 11) is 0. The van der Waals surface area contributed by atoms with Crippen LogP contribution in [0.15, 0.2) is 126 Å².